The molecule has 0 saturated heterocycles. The van der Waals surface area contributed by atoms with Gasteiger partial charge in [-0.05, 0) is 55.2 Å². The zero-order valence-corrected chi connectivity index (χ0v) is 11.6. The highest BCUT2D eigenvalue weighted by atomic mass is 127. The van der Waals surface area contributed by atoms with Crippen molar-refractivity contribution in [1.82, 2.24) is 0 Å². The van der Waals surface area contributed by atoms with Gasteiger partial charge in [0.1, 0.15) is 0 Å². The van der Waals surface area contributed by atoms with E-state index in [1.807, 2.05) is 31.2 Å². The topological polar surface area (TPSA) is 17.1 Å². The molecule has 1 aromatic carbocycles. The van der Waals surface area contributed by atoms with E-state index < -0.39 is 0 Å². The summed E-state index contributed by atoms with van der Waals surface area (Å²) in [5, 5.41) is 0. The van der Waals surface area contributed by atoms with E-state index in [1.54, 1.807) is 0 Å². The average Bonchev–Trinajstić information content (AvgIpc) is 2.81. The smallest absolute Gasteiger partial charge is 0.199 e. The third-order valence-electron chi connectivity index (χ3n) is 3.03. The van der Waals surface area contributed by atoms with Gasteiger partial charge in [-0.3, -0.25) is 4.79 Å². The van der Waals surface area contributed by atoms with Gasteiger partial charge in [-0.15, -0.1) is 0 Å². The molecule has 1 saturated carbocycles. The lowest BCUT2D eigenvalue weighted by molar-refractivity contribution is 0.104. The van der Waals surface area contributed by atoms with E-state index >= 15 is 0 Å². The SMILES string of the molecule is Cc1ccc(C(=O)C(I)=C2CCCC2)cc1. The van der Waals surface area contributed by atoms with Gasteiger partial charge in [0.2, 0.25) is 0 Å². The van der Waals surface area contributed by atoms with Crippen molar-refractivity contribution in [3.63, 3.8) is 0 Å². The van der Waals surface area contributed by atoms with E-state index in [9.17, 15) is 4.79 Å². The number of benzene rings is 1. The number of aryl methyl sites for hydroxylation is 1. The van der Waals surface area contributed by atoms with Crippen LogP contribution in [-0.4, -0.2) is 5.78 Å². The molecule has 2 rings (SSSR count). The maximum absolute atomic E-state index is 12.2. The molecule has 0 atom stereocenters. The van der Waals surface area contributed by atoms with Crippen molar-refractivity contribution in [3.8, 4) is 0 Å². The maximum atomic E-state index is 12.2. The number of hydrogen-bond donors (Lipinski definition) is 0. The molecular formula is C14H15IO. The fourth-order valence-corrected chi connectivity index (χ4v) is 2.86. The van der Waals surface area contributed by atoms with Crippen molar-refractivity contribution < 1.29 is 4.79 Å². The van der Waals surface area contributed by atoms with Gasteiger partial charge in [0.05, 0.1) is 3.58 Å². The second-order valence-corrected chi connectivity index (χ2v) is 5.40. The monoisotopic (exact) mass is 326 g/mol. The molecule has 1 aromatic rings. The van der Waals surface area contributed by atoms with Gasteiger partial charge >= 0.3 is 0 Å². The van der Waals surface area contributed by atoms with Crippen LogP contribution >= 0.6 is 22.6 Å². The van der Waals surface area contributed by atoms with Crippen LogP contribution in [0.2, 0.25) is 0 Å². The Hall–Kier alpha value is -0.640. The minimum absolute atomic E-state index is 0.192. The Morgan fingerprint density at radius 3 is 2.25 bits per heavy atom. The number of allylic oxidation sites excluding steroid dienone is 2. The minimum Gasteiger partial charge on any atom is -0.288 e. The lowest BCUT2D eigenvalue weighted by Crippen LogP contribution is -2.00. The van der Waals surface area contributed by atoms with E-state index in [4.69, 9.17) is 0 Å². The molecule has 1 aliphatic rings. The third kappa shape index (κ3) is 2.54. The predicted octanol–water partition coefficient (Wildman–Crippen LogP) is 4.44. The first-order chi connectivity index (χ1) is 7.68. The minimum atomic E-state index is 0.192. The Balaban J connectivity index is 2.25. The molecule has 2 heteroatoms. The van der Waals surface area contributed by atoms with Crippen LogP contribution in [0.25, 0.3) is 0 Å². The number of carbonyl (C=O) groups excluding carboxylic acids is 1. The Bertz CT molecular complexity index is 421. The van der Waals surface area contributed by atoms with Crippen LogP contribution in [0.4, 0.5) is 0 Å². The summed E-state index contributed by atoms with van der Waals surface area (Å²) in [7, 11) is 0. The zero-order chi connectivity index (χ0) is 11.5. The number of rotatable bonds is 2. The molecule has 0 amide bonds. The summed E-state index contributed by atoms with van der Waals surface area (Å²) in [4.78, 5) is 12.2. The fourth-order valence-electron chi connectivity index (χ4n) is 2.01. The van der Waals surface area contributed by atoms with Crippen molar-refractivity contribution in [2.24, 2.45) is 0 Å². The van der Waals surface area contributed by atoms with Gasteiger partial charge in [-0.2, -0.15) is 0 Å². The van der Waals surface area contributed by atoms with E-state index in [0.717, 1.165) is 22.0 Å². The number of ketones is 1. The first-order valence-electron chi connectivity index (χ1n) is 5.67. The second kappa shape index (κ2) is 5.13. The molecule has 1 aliphatic carbocycles. The van der Waals surface area contributed by atoms with Crippen molar-refractivity contribution in [2.75, 3.05) is 0 Å². The Morgan fingerprint density at radius 1 is 1.12 bits per heavy atom. The molecule has 0 radical (unpaired) electrons. The molecule has 0 N–H and O–H groups in total. The number of hydrogen-bond acceptors (Lipinski definition) is 1. The van der Waals surface area contributed by atoms with E-state index in [2.05, 4.69) is 22.6 Å². The van der Waals surface area contributed by atoms with Crippen LogP contribution in [0.3, 0.4) is 0 Å². The normalized spacial score (nSPS) is 15.2. The second-order valence-electron chi connectivity index (χ2n) is 4.32. The van der Waals surface area contributed by atoms with Gasteiger partial charge in [0.25, 0.3) is 0 Å². The van der Waals surface area contributed by atoms with Gasteiger partial charge in [-0.25, -0.2) is 0 Å². The lowest BCUT2D eigenvalue weighted by Gasteiger charge is -2.04. The summed E-state index contributed by atoms with van der Waals surface area (Å²) in [6, 6.07) is 7.84. The highest BCUT2D eigenvalue weighted by molar-refractivity contribution is 14.1. The number of carbonyl (C=O) groups is 1. The summed E-state index contributed by atoms with van der Waals surface area (Å²) < 4.78 is 0.943. The average molecular weight is 326 g/mol. The first-order valence-corrected chi connectivity index (χ1v) is 6.75. The van der Waals surface area contributed by atoms with Crippen LogP contribution in [0, 0.1) is 6.92 Å². The van der Waals surface area contributed by atoms with E-state index in [1.165, 1.54) is 24.0 Å². The molecule has 0 aromatic heterocycles. The van der Waals surface area contributed by atoms with Crippen molar-refractivity contribution in [3.05, 3.63) is 44.5 Å². The van der Waals surface area contributed by atoms with Gasteiger partial charge in [0.15, 0.2) is 5.78 Å². The van der Waals surface area contributed by atoms with Crippen molar-refractivity contribution in [1.29, 1.82) is 0 Å². The largest absolute Gasteiger partial charge is 0.288 e. The van der Waals surface area contributed by atoms with Crippen molar-refractivity contribution >= 4 is 28.4 Å². The van der Waals surface area contributed by atoms with E-state index in [0.29, 0.717) is 0 Å². The van der Waals surface area contributed by atoms with Crippen LogP contribution in [-0.2, 0) is 0 Å². The fraction of sp³-hybridized carbons (Fsp3) is 0.357. The molecule has 0 heterocycles. The molecule has 0 unspecified atom stereocenters. The van der Waals surface area contributed by atoms with Crippen LogP contribution in [0.15, 0.2) is 33.4 Å². The van der Waals surface area contributed by atoms with E-state index in [-0.39, 0.29) is 5.78 Å². The molecule has 0 aliphatic heterocycles. The molecule has 0 bridgehead atoms. The molecular weight excluding hydrogens is 311 g/mol. The summed E-state index contributed by atoms with van der Waals surface area (Å²) in [6.07, 6.45) is 4.69. The Labute approximate surface area is 110 Å². The molecule has 0 spiro atoms. The highest BCUT2D eigenvalue weighted by Gasteiger charge is 2.17. The quantitative estimate of drug-likeness (QED) is 0.446. The highest BCUT2D eigenvalue weighted by Crippen LogP contribution is 2.31. The lowest BCUT2D eigenvalue weighted by atomic mass is 10.1. The molecule has 84 valence electrons. The summed E-state index contributed by atoms with van der Waals surface area (Å²) in [5.74, 6) is 0.192. The number of halogens is 1. The molecule has 1 fully saturated rings. The van der Waals surface area contributed by atoms with Gasteiger partial charge < -0.3 is 0 Å². The first kappa shape index (κ1) is 11.8. The predicted molar refractivity (Wildman–Crippen MR) is 75.0 cm³/mol. The molecule has 16 heavy (non-hydrogen) atoms. The Morgan fingerprint density at radius 2 is 1.69 bits per heavy atom. The van der Waals surface area contributed by atoms with Gasteiger partial charge in [-0.1, -0.05) is 35.4 Å². The van der Waals surface area contributed by atoms with Crippen LogP contribution in [0.1, 0.15) is 41.6 Å². The Kier molecular flexibility index (Phi) is 3.79. The molecule has 1 nitrogen and oxygen atoms in total. The standard InChI is InChI=1S/C14H15IO/c1-10-6-8-12(9-7-10)14(16)13(15)11-4-2-3-5-11/h6-9H,2-5H2,1H3. The van der Waals surface area contributed by atoms with Crippen LogP contribution in [0.5, 0.6) is 0 Å². The van der Waals surface area contributed by atoms with Crippen molar-refractivity contribution in [2.45, 2.75) is 32.6 Å². The van der Waals surface area contributed by atoms with Gasteiger partial charge in [0, 0.05) is 5.56 Å². The number of Topliss-reactive ketones (excluding diaryl/α,β-unsaturated/α-hetero) is 1. The third-order valence-corrected chi connectivity index (χ3v) is 4.28. The summed E-state index contributed by atoms with van der Waals surface area (Å²) in [6.45, 7) is 2.04. The summed E-state index contributed by atoms with van der Waals surface area (Å²) in [5.41, 5.74) is 3.36. The summed E-state index contributed by atoms with van der Waals surface area (Å²) >= 11 is 2.21. The maximum Gasteiger partial charge on any atom is 0.199 e. The van der Waals surface area contributed by atoms with Crippen LogP contribution < -0.4 is 0 Å². The zero-order valence-electron chi connectivity index (χ0n) is 9.42.